The third-order valence-corrected chi connectivity index (χ3v) is 4.75. The van der Waals surface area contributed by atoms with E-state index in [0.29, 0.717) is 17.8 Å². The Morgan fingerprint density at radius 1 is 1.21 bits per heavy atom. The molecular formula is C20H24F3N9O2. The molecule has 3 N–H and O–H groups in total. The smallest absolute Gasteiger partial charge is 0.378 e. The predicted molar refractivity (Wildman–Crippen MR) is 116 cm³/mol. The van der Waals surface area contributed by atoms with Crippen molar-refractivity contribution in [2.24, 2.45) is 5.10 Å². The van der Waals surface area contributed by atoms with E-state index in [0.717, 1.165) is 38.1 Å². The fraction of sp³-hybridized carbons (Fsp3) is 0.400. The van der Waals surface area contributed by atoms with E-state index in [9.17, 15) is 18.0 Å². The normalized spacial score (nSPS) is 12.1. The highest BCUT2D eigenvalue weighted by molar-refractivity contribution is 5.94. The minimum absolute atomic E-state index is 0.0100. The number of anilines is 1. The third kappa shape index (κ3) is 5.95. The molecule has 182 valence electrons. The first-order chi connectivity index (χ1) is 16.2. The quantitative estimate of drug-likeness (QED) is 0.334. The van der Waals surface area contributed by atoms with Crippen LogP contribution in [0.3, 0.4) is 0 Å². The second kappa shape index (κ2) is 10.9. The molecule has 0 fully saturated rings. The van der Waals surface area contributed by atoms with Gasteiger partial charge < -0.3 is 5.73 Å². The summed E-state index contributed by atoms with van der Waals surface area (Å²) >= 11 is 0. The van der Waals surface area contributed by atoms with Gasteiger partial charge >= 0.3 is 6.18 Å². The Bertz CT molecular complexity index is 1120. The highest BCUT2D eigenvalue weighted by atomic mass is 19.4. The Morgan fingerprint density at radius 2 is 1.88 bits per heavy atom. The van der Waals surface area contributed by atoms with Crippen molar-refractivity contribution in [3.8, 4) is 5.82 Å². The van der Waals surface area contributed by atoms with Gasteiger partial charge in [0.15, 0.2) is 5.69 Å². The van der Waals surface area contributed by atoms with Gasteiger partial charge in [-0.1, -0.05) is 31.2 Å². The van der Waals surface area contributed by atoms with Gasteiger partial charge in [0.05, 0.1) is 17.5 Å². The lowest BCUT2D eigenvalue weighted by atomic mass is 10.1. The van der Waals surface area contributed by atoms with E-state index in [1.807, 2.05) is 13.8 Å². The fourth-order valence-electron chi connectivity index (χ4n) is 3.22. The van der Waals surface area contributed by atoms with Gasteiger partial charge in [-0.25, -0.2) is 10.1 Å². The van der Waals surface area contributed by atoms with E-state index >= 15 is 0 Å². The van der Waals surface area contributed by atoms with Gasteiger partial charge in [0.25, 0.3) is 5.91 Å². The molecular weight excluding hydrogens is 455 g/mol. The fourth-order valence-corrected chi connectivity index (χ4v) is 3.22. The van der Waals surface area contributed by atoms with Crippen LogP contribution in [0, 0.1) is 0 Å². The molecule has 3 rings (SSSR count). The van der Waals surface area contributed by atoms with Gasteiger partial charge in [-0.2, -0.15) is 23.0 Å². The summed E-state index contributed by atoms with van der Waals surface area (Å²) in [6.07, 6.45) is -1.41. The minimum Gasteiger partial charge on any atom is -0.378 e. The first-order valence-corrected chi connectivity index (χ1v) is 10.5. The standard InChI is InChI=1S/C20H24F3N9O2/c1-3-9-31(10-4-2)12-15-16(26-30-32(15)18-17(24)28-34-29-18)19(33)27-25-11-13-5-7-14(8-6-13)20(21,22)23/h5-8,11H,3-4,9-10,12H2,1-2H3,(H2,24,28)(H,27,33)/b25-11-. The van der Waals surface area contributed by atoms with Gasteiger partial charge in [-0.05, 0) is 53.9 Å². The Kier molecular flexibility index (Phi) is 7.94. The van der Waals surface area contributed by atoms with E-state index < -0.39 is 17.6 Å². The number of nitrogens with one attached hydrogen (secondary N) is 1. The van der Waals surface area contributed by atoms with Crippen LogP contribution in [0.25, 0.3) is 5.82 Å². The van der Waals surface area contributed by atoms with Crippen LogP contribution in [-0.4, -0.2) is 55.4 Å². The first kappa shape index (κ1) is 24.8. The van der Waals surface area contributed by atoms with Crippen molar-refractivity contribution in [3.63, 3.8) is 0 Å². The van der Waals surface area contributed by atoms with Gasteiger partial charge in [0.1, 0.15) is 0 Å². The van der Waals surface area contributed by atoms with E-state index in [1.54, 1.807) is 0 Å². The molecule has 0 spiro atoms. The third-order valence-electron chi connectivity index (χ3n) is 4.75. The van der Waals surface area contributed by atoms with Crippen molar-refractivity contribution in [1.29, 1.82) is 0 Å². The molecule has 0 atom stereocenters. The molecule has 0 saturated carbocycles. The summed E-state index contributed by atoms with van der Waals surface area (Å²) in [5.41, 5.74) is 8.11. The van der Waals surface area contributed by atoms with E-state index in [4.69, 9.17) is 5.73 Å². The van der Waals surface area contributed by atoms with Crippen LogP contribution in [0.2, 0.25) is 0 Å². The van der Waals surface area contributed by atoms with Crippen LogP contribution in [0.15, 0.2) is 34.0 Å². The minimum atomic E-state index is -4.43. The van der Waals surface area contributed by atoms with Crippen LogP contribution in [0.1, 0.15) is 54.0 Å². The molecule has 11 nitrogen and oxygen atoms in total. The molecule has 1 aromatic carbocycles. The summed E-state index contributed by atoms with van der Waals surface area (Å²) in [7, 11) is 0. The Labute approximate surface area is 192 Å². The number of nitrogen functional groups attached to an aromatic ring is 1. The van der Waals surface area contributed by atoms with Crippen molar-refractivity contribution in [1.82, 2.24) is 35.6 Å². The summed E-state index contributed by atoms with van der Waals surface area (Å²) in [4.78, 5) is 14.9. The van der Waals surface area contributed by atoms with E-state index in [1.165, 1.54) is 23.0 Å². The topological polar surface area (TPSA) is 140 Å². The SMILES string of the molecule is CCCN(CCC)Cc1c(C(=O)N/N=C\c2ccc(C(F)(F)F)cc2)nnn1-c1nonc1N. The molecule has 14 heteroatoms. The highest BCUT2D eigenvalue weighted by Gasteiger charge is 2.30. The van der Waals surface area contributed by atoms with Crippen LogP contribution in [0.4, 0.5) is 19.0 Å². The molecule has 0 aliphatic rings. The zero-order valence-electron chi connectivity index (χ0n) is 18.6. The maximum atomic E-state index is 12.8. The summed E-state index contributed by atoms with van der Waals surface area (Å²) in [6.45, 7) is 5.96. The molecule has 0 aliphatic carbocycles. The number of rotatable bonds is 10. The van der Waals surface area contributed by atoms with Crippen LogP contribution in [0.5, 0.6) is 0 Å². The molecule has 0 radical (unpaired) electrons. The molecule has 1 amide bonds. The van der Waals surface area contributed by atoms with Crippen molar-refractivity contribution < 1.29 is 22.6 Å². The number of nitrogens with zero attached hydrogens (tertiary/aromatic N) is 7. The number of amides is 1. The average Bonchev–Trinajstić information content (AvgIpc) is 3.39. The van der Waals surface area contributed by atoms with E-state index in [-0.39, 0.29) is 17.3 Å². The van der Waals surface area contributed by atoms with Gasteiger partial charge in [0, 0.05) is 6.54 Å². The number of nitrogens with two attached hydrogens (primary N) is 1. The number of hydrazone groups is 1. The maximum absolute atomic E-state index is 12.8. The van der Waals surface area contributed by atoms with E-state index in [2.05, 4.69) is 40.7 Å². The van der Waals surface area contributed by atoms with Crippen LogP contribution in [-0.2, 0) is 12.7 Å². The average molecular weight is 479 g/mol. The number of carbonyl (C=O) groups excluding carboxylic acids is 1. The molecule has 2 heterocycles. The number of halogens is 3. The number of hydrogen-bond donors (Lipinski definition) is 2. The van der Waals surface area contributed by atoms with Gasteiger partial charge in [-0.15, -0.1) is 5.10 Å². The van der Waals surface area contributed by atoms with Crippen LogP contribution >= 0.6 is 0 Å². The second-order valence-electron chi connectivity index (χ2n) is 7.36. The molecule has 2 aromatic heterocycles. The van der Waals surface area contributed by atoms with Gasteiger partial charge in [-0.3, -0.25) is 9.69 Å². The lowest BCUT2D eigenvalue weighted by Crippen LogP contribution is -2.28. The molecule has 0 unspecified atom stereocenters. The number of carbonyl (C=O) groups is 1. The maximum Gasteiger partial charge on any atom is 0.416 e. The Balaban J connectivity index is 1.82. The Hall–Kier alpha value is -3.81. The second-order valence-corrected chi connectivity index (χ2v) is 7.36. The van der Waals surface area contributed by atoms with Crippen LogP contribution < -0.4 is 11.2 Å². The summed E-state index contributed by atoms with van der Waals surface area (Å²) in [6, 6.07) is 4.35. The molecule has 34 heavy (non-hydrogen) atoms. The lowest BCUT2D eigenvalue weighted by Gasteiger charge is -2.21. The number of benzene rings is 1. The van der Waals surface area contributed by atoms with Crippen molar-refractivity contribution in [3.05, 3.63) is 46.8 Å². The number of aromatic nitrogens is 5. The number of hydrogen-bond acceptors (Lipinski definition) is 9. The highest BCUT2D eigenvalue weighted by Crippen LogP contribution is 2.28. The summed E-state index contributed by atoms with van der Waals surface area (Å²) in [5.74, 6) is -0.578. The zero-order chi connectivity index (χ0) is 24.7. The molecule has 0 aliphatic heterocycles. The lowest BCUT2D eigenvalue weighted by molar-refractivity contribution is -0.137. The van der Waals surface area contributed by atoms with Gasteiger partial charge in [0.2, 0.25) is 11.6 Å². The molecule has 3 aromatic rings. The largest absolute Gasteiger partial charge is 0.416 e. The summed E-state index contributed by atoms with van der Waals surface area (Å²) < 4.78 is 44.0. The molecule has 0 saturated heterocycles. The Morgan fingerprint density at radius 3 is 2.44 bits per heavy atom. The molecule has 0 bridgehead atoms. The zero-order valence-corrected chi connectivity index (χ0v) is 18.6. The van der Waals surface area contributed by atoms with Crippen molar-refractivity contribution >= 4 is 17.9 Å². The monoisotopic (exact) mass is 479 g/mol. The number of alkyl halides is 3. The van der Waals surface area contributed by atoms with Crippen molar-refractivity contribution in [2.75, 3.05) is 18.8 Å². The van der Waals surface area contributed by atoms with Crippen molar-refractivity contribution in [2.45, 2.75) is 39.4 Å². The predicted octanol–water partition coefficient (Wildman–Crippen LogP) is 2.64. The summed E-state index contributed by atoms with van der Waals surface area (Å²) in [5, 5.41) is 19.1. The first-order valence-electron chi connectivity index (χ1n) is 10.5.